The molecule has 0 atom stereocenters. The maximum Gasteiger partial charge on any atom is 0.249 e. The van der Waals surface area contributed by atoms with Gasteiger partial charge >= 0.3 is 0 Å². The zero-order valence-corrected chi connectivity index (χ0v) is 11.9. The van der Waals surface area contributed by atoms with Crippen LogP contribution in [-0.4, -0.2) is 16.1 Å². The van der Waals surface area contributed by atoms with Crippen molar-refractivity contribution in [3.05, 3.63) is 33.6 Å². The summed E-state index contributed by atoms with van der Waals surface area (Å²) in [6, 6.07) is 5.57. The van der Waals surface area contributed by atoms with Gasteiger partial charge in [-0.05, 0) is 34.5 Å². The van der Waals surface area contributed by atoms with Gasteiger partial charge in [-0.2, -0.15) is 0 Å². The van der Waals surface area contributed by atoms with Gasteiger partial charge in [0, 0.05) is 16.8 Å². The average Bonchev–Trinajstić information content (AvgIpc) is 2.78. The Morgan fingerprint density at radius 2 is 2.12 bits per heavy atom. The molecule has 1 aromatic heterocycles. The van der Waals surface area contributed by atoms with E-state index < -0.39 is 0 Å². The van der Waals surface area contributed by atoms with E-state index in [0.29, 0.717) is 29.1 Å². The monoisotopic (exact) mass is 334 g/mol. The Kier molecular flexibility index (Phi) is 4.42. The van der Waals surface area contributed by atoms with Crippen molar-refractivity contribution in [1.82, 2.24) is 10.2 Å². The first-order valence-corrected chi connectivity index (χ1v) is 6.75. The van der Waals surface area contributed by atoms with Crippen molar-refractivity contribution in [3.63, 3.8) is 0 Å². The van der Waals surface area contributed by atoms with Crippen LogP contribution in [-0.2, 0) is 6.42 Å². The molecule has 0 fully saturated rings. The highest BCUT2D eigenvalue weighted by molar-refractivity contribution is 9.10. The van der Waals surface area contributed by atoms with Gasteiger partial charge in [-0.3, -0.25) is 0 Å². The highest BCUT2D eigenvalue weighted by Gasteiger charge is 2.13. The van der Waals surface area contributed by atoms with Crippen molar-refractivity contribution in [1.29, 1.82) is 0 Å². The van der Waals surface area contributed by atoms with E-state index in [-0.39, 0.29) is 0 Å². The SMILES string of the molecule is ClCCCc1nnc(-c2cccc(Br)c2Cl)o1. The van der Waals surface area contributed by atoms with E-state index in [9.17, 15) is 0 Å². The van der Waals surface area contributed by atoms with E-state index in [1.165, 1.54) is 0 Å². The summed E-state index contributed by atoms with van der Waals surface area (Å²) < 4.78 is 6.32. The quantitative estimate of drug-likeness (QED) is 0.781. The maximum absolute atomic E-state index is 6.15. The summed E-state index contributed by atoms with van der Waals surface area (Å²) in [7, 11) is 0. The largest absolute Gasteiger partial charge is 0.421 e. The van der Waals surface area contributed by atoms with Gasteiger partial charge in [0.15, 0.2) is 0 Å². The van der Waals surface area contributed by atoms with Crippen LogP contribution < -0.4 is 0 Å². The lowest BCUT2D eigenvalue weighted by atomic mass is 10.2. The van der Waals surface area contributed by atoms with Gasteiger partial charge < -0.3 is 4.42 Å². The van der Waals surface area contributed by atoms with E-state index in [2.05, 4.69) is 26.1 Å². The molecule has 0 radical (unpaired) electrons. The third-order valence-electron chi connectivity index (χ3n) is 2.17. The molecule has 0 N–H and O–H groups in total. The van der Waals surface area contributed by atoms with Crippen molar-refractivity contribution in [3.8, 4) is 11.5 Å². The Hall–Kier alpha value is -0.580. The van der Waals surface area contributed by atoms with Crippen LogP contribution in [0.2, 0.25) is 5.02 Å². The van der Waals surface area contributed by atoms with Crippen LogP contribution in [0.1, 0.15) is 12.3 Å². The predicted octanol–water partition coefficient (Wildman–Crippen LogP) is 4.32. The molecule has 0 aliphatic heterocycles. The van der Waals surface area contributed by atoms with E-state index >= 15 is 0 Å². The first kappa shape index (κ1) is 12.9. The molecular formula is C11H9BrCl2N2O. The van der Waals surface area contributed by atoms with Crippen LogP contribution in [0.4, 0.5) is 0 Å². The molecule has 90 valence electrons. The van der Waals surface area contributed by atoms with Gasteiger partial charge in [0.05, 0.1) is 10.6 Å². The van der Waals surface area contributed by atoms with Gasteiger partial charge in [-0.1, -0.05) is 17.7 Å². The lowest BCUT2D eigenvalue weighted by molar-refractivity contribution is 0.502. The molecule has 1 heterocycles. The first-order chi connectivity index (χ1) is 8.22. The molecule has 0 bridgehead atoms. The molecule has 17 heavy (non-hydrogen) atoms. The van der Waals surface area contributed by atoms with Crippen molar-refractivity contribution in [2.45, 2.75) is 12.8 Å². The zero-order valence-electron chi connectivity index (χ0n) is 8.79. The standard InChI is InChI=1S/C11H9BrCl2N2O/c12-8-4-1-3-7(10(8)14)11-16-15-9(17-11)5-2-6-13/h1,3-4H,2,5-6H2. The number of alkyl halides is 1. The van der Waals surface area contributed by atoms with Crippen molar-refractivity contribution in [2.75, 3.05) is 5.88 Å². The number of rotatable bonds is 4. The number of benzene rings is 1. The third kappa shape index (κ3) is 3.00. The Balaban J connectivity index is 2.27. The van der Waals surface area contributed by atoms with Gasteiger partial charge in [0.1, 0.15) is 0 Å². The molecule has 2 aromatic rings. The van der Waals surface area contributed by atoms with Crippen LogP contribution >= 0.6 is 39.1 Å². The van der Waals surface area contributed by atoms with Crippen LogP contribution in [0.25, 0.3) is 11.5 Å². The van der Waals surface area contributed by atoms with Crippen molar-refractivity contribution in [2.24, 2.45) is 0 Å². The second-order valence-electron chi connectivity index (χ2n) is 3.39. The van der Waals surface area contributed by atoms with Crippen molar-refractivity contribution >= 4 is 39.1 Å². The number of aromatic nitrogens is 2. The fourth-order valence-electron chi connectivity index (χ4n) is 1.35. The topological polar surface area (TPSA) is 38.9 Å². The Morgan fingerprint density at radius 1 is 1.29 bits per heavy atom. The maximum atomic E-state index is 6.15. The van der Waals surface area contributed by atoms with E-state index in [4.69, 9.17) is 27.6 Å². The molecule has 6 heteroatoms. The summed E-state index contributed by atoms with van der Waals surface area (Å²) in [5.74, 6) is 1.59. The van der Waals surface area contributed by atoms with Crippen LogP contribution in [0.15, 0.2) is 27.1 Å². The molecule has 0 saturated heterocycles. The molecule has 0 spiro atoms. The van der Waals surface area contributed by atoms with E-state index in [1.807, 2.05) is 18.2 Å². The smallest absolute Gasteiger partial charge is 0.249 e. The lowest BCUT2D eigenvalue weighted by Gasteiger charge is -2.00. The zero-order chi connectivity index (χ0) is 12.3. The molecule has 0 unspecified atom stereocenters. The van der Waals surface area contributed by atoms with Crippen molar-refractivity contribution < 1.29 is 4.42 Å². The van der Waals surface area contributed by atoms with Gasteiger partial charge in [-0.25, -0.2) is 0 Å². The highest BCUT2D eigenvalue weighted by Crippen LogP contribution is 2.32. The lowest BCUT2D eigenvalue weighted by Crippen LogP contribution is -1.85. The molecule has 3 nitrogen and oxygen atoms in total. The number of aryl methyl sites for hydroxylation is 1. The number of halogens is 3. The first-order valence-electron chi connectivity index (χ1n) is 5.05. The fourth-order valence-corrected chi connectivity index (χ4v) is 2.06. The minimum Gasteiger partial charge on any atom is -0.421 e. The Labute approximate surface area is 117 Å². The highest BCUT2D eigenvalue weighted by atomic mass is 79.9. The van der Waals surface area contributed by atoms with Gasteiger partial charge in [-0.15, -0.1) is 21.8 Å². The Morgan fingerprint density at radius 3 is 2.88 bits per heavy atom. The van der Waals surface area contributed by atoms with Gasteiger partial charge in [0.2, 0.25) is 11.8 Å². The summed E-state index contributed by atoms with van der Waals surface area (Å²) in [6.45, 7) is 0. The second-order valence-corrected chi connectivity index (χ2v) is 5.01. The molecule has 0 aliphatic carbocycles. The molecule has 1 aromatic carbocycles. The van der Waals surface area contributed by atoms with Gasteiger partial charge in [0.25, 0.3) is 0 Å². The number of hydrogen-bond donors (Lipinski definition) is 0. The van der Waals surface area contributed by atoms with Crippen LogP contribution in [0.5, 0.6) is 0 Å². The van der Waals surface area contributed by atoms with E-state index in [1.54, 1.807) is 0 Å². The third-order valence-corrected chi connectivity index (χ3v) is 3.74. The molecule has 0 amide bonds. The summed E-state index contributed by atoms with van der Waals surface area (Å²) in [4.78, 5) is 0. The minimum absolute atomic E-state index is 0.431. The molecule has 2 rings (SSSR count). The minimum atomic E-state index is 0.431. The number of nitrogens with zero attached hydrogens (tertiary/aromatic N) is 2. The summed E-state index contributed by atoms with van der Waals surface area (Å²) in [5, 5.41) is 8.50. The normalized spacial score (nSPS) is 10.8. The number of hydrogen-bond acceptors (Lipinski definition) is 3. The fraction of sp³-hybridized carbons (Fsp3) is 0.273. The summed E-state index contributed by atoms with van der Waals surface area (Å²) in [6.07, 6.45) is 1.50. The molecule has 0 aliphatic rings. The summed E-state index contributed by atoms with van der Waals surface area (Å²) >= 11 is 15.1. The van der Waals surface area contributed by atoms with Crippen LogP contribution in [0, 0.1) is 0 Å². The summed E-state index contributed by atoms with van der Waals surface area (Å²) in [5.41, 5.74) is 0.727. The molecular weight excluding hydrogens is 327 g/mol. The van der Waals surface area contributed by atoms with Crippen LogP contribution in [0.3, 0.4) is 0 Å². The molecule has 0 saturated carbocycles. The average molecular weight is 336 g/mol. The predicted molar refractivity (Wildman–Crippen MR) is 71.5 cm³/mol. The second kappa shape index (κ2) is 5.85. The Bertz CT molecular complexity index is 516. The van der Waals surface area contributed by atoms with E-state index in [0.717, 1.165) is 16.5 Å².